The Hall–Kier alpha value is -3.01. The Kier molecular flexibility index (Phi) is 5.56. The zero-order chi connectivity index (χ0) is 19.5. The summed E-state index contributed by atoms with van der Waals surface area (Å²) >= 11 is 0. The molecular weight excluding hydrogens is 355 g/mol. The van der Waals surface area contributed by atoms with Crippen molar-refractivity contribution >= 4 is 17.6 Å². The number of nitrogens with one attached hydrogen (secondary N) is 1. The van der Waals surface area contributed by atoms with Crippen molar-refractivity contribution in [2.75, 3.05) is 12.4 Å². The highest BCUT2D eigenvalue weighted by atomic mass is 19.4. The van der Waals surface area contributed by atoms with E-state index in [9.17, 15) is 22.8 Å². The molecule has 0 spiro atoms. The third kappa shape index (κ3) is 4.76. The number of amides is 1. The van der Waals surface area contributed by atoms with Crippen molar-refractivity contribution in [3.63, 3.8) is 0 Å². The molecule has 0 atom stereocenters. The number of carboxylic acid groups (broad SMARTS) is 1. The standard InChI is InChI=1S/C16H14F3N3O4/c1-8-3-12(22-15(20-8)16(17,18)19)13(23)21-11-5-9(7-26-2)4-10(6-11)14(24)25/h3-6H,7H2,1-2H3,(H,21,23)(H,24,25). The summed E-state index contributed by atoms with van der Waals surface area (Å²) in [5, 5.41) is 11.5. The van der Waals surface area contributed by atoms with Crippen LogP contribution >= 0.6 is 0 Å². The molecule has 10 heteroatoms. The van der Waals surface area contributed by atoms with Crippen molar-refractivity contribution in [1.29, 1.82) is 0 Å². The number of aromatic carboxylic acids is 1. The van der Waals surface area contributed by atoms with Gasteiger partial charge in [-0.2, -0.15) is 13.2 Å². The fourth-order valence-electron chi connectivity index (χ4n) is 2.14. The van der Waals surface area contributed by atoms with Crippen LogP contribution < -0.4 is 5.32 Å². The predicted molar refractivity (Wildman–Crippen MR) is 83.8 cm³/mol. The second-order valence-electron chi connectivity index (χ2n) is 5.33. The van der Waals surface area contributed by atoms with E-state index in [1.807, 2.05) is 0 Å². The topological polar surface area (TPSA) is 101 Å². The van der Waals surface area contributed by atoms with Gasteiger partial charge in [0.1, 0.15) is 5.69 Å². The maximum absolute atomic E-state index is 12.8. The Bertz CT molecular complexity index is 853. The number of methoxy groups -OCH3 is 1. The quantitative estimate of drug-likeness (QED) is 0.840. The Morgan fingerprint density at radius 1 is 1.19 bits per heavy atom. The molecular formula is C16H14F3N3O4. The fourth-order valence-corrected chi connectivity index (χ4v) is 2.14. The first kappa shape index (κ1) is 19.3. The van der Waals surface area contributed by atoms with E-state index in [1.165, 1.54) is 32.2 Å². The van der Waals surface area contributed by atoms with Gasteiger partial charge in [0, 0.05) is 18.5 Å². The minimum Gasteiger partial charge on any atom is -0.478 e. The molecule has 2 rings (SSSR count). The third-order valence-electron chi connectivity index (χ3n) is 3.15. The lowest BCUT2D eigenvalue weighted by Crippen LogP contribution is -2.19. The number of hydrogen-bond donors (Lipinski definition) is 2. The second kappa shape index (κ2) is 7.48. The molecule has 0 saturated heterocycles. The van der Waals surface area contributed by atoms with E-state index in [-0.39, 0.29) is 23.6 Å². The van der Waals surface area contributed by atoms with E-state index >= 15 is 0 Å². The lowest BCUT2D eigenvalue weighted by atomic mass is 10.1. The molecule has 1 aromatic carbocycles. The maximum atomic E-state index is 12.8. The molecule has 26 heavy (non-hydrogen) atoms. The van der Waals surface area contributed by atoms with Gasteiger partial charge in [-0.25, -0.2) is 14.8 Å². The number of carbonyl (C=O) groups is 2. The monoisotopic (exact) mass is 369 g/mol. The molecule has 1 amide bonds. The lowest BCUT2D eigenvalue weighted by molar-refractivity contribution is -0.145. The van der Waals surface area contributed by atoms with Gasteiger partial charge in [-0.05, 0) is 36.8 Å². The molecule has 0 aliphatic rings. The molecule has 1 heterocycles. The molecule has 0 aliphatic heterocycles. The van der Waals surface area contributed by atoms with Gasteiger partial charge in [0.15, 0.2) is 0 Å². The average Bonchev–Trinajstić information content (AvgIpc) is 2.53. The van der Waals surface area contributed by atoms with E-state index in [0.717, 1.165) is 6.07 Å². The summed E-state index contributed by atoms with van der Waals surface area (Å²) in [5.74, 6) is -3.58. The molecule has 1 aromatic heterocycles. The molecule has 7 nitrogen and oxygen atoms in total. The van der Waals surface area contributed by atoms with Crippen molar-refractivity contribution in [3.8, 4) is 0 Å². The normalized spacial score (nSPS) is 11.3. The van der Waals surface area contributed by atoms with E-state index in [0.29, 0.717) is 5.56 Å². The van der Waals surface area contributed by atoms with Crippen LogP contribution in [0.5, 0.6) is 0 Å². The predicted octanol–water partition coefficient (Wildman–Crippen LogP) is 2.90. The summed E-state index contributed by atoms with van der Waals surface area (Å²) in [6, 6.07) is 5.09. The van der Waals surface area contributed by atoms with Gasteiger partial charge in [0.05, 0.1) is 12.2 Å². The number of rotatable bonds is 5. The van der Waals surface area contributed by atoms with Crippen LogP contribution in [0, 0.1) is 6.92 Å². The number of aromatic nitrogens is 2. The summed E-state index contributed by atoms with van der Waals surface area (Å²) in [4.78, 5) is 29.9. The first-order chi connectivity index (χ1) is 12.1. The molecule has 0 radical (unpaired) electrons. The summed E-state index contributed by atoms with van der Waals surface area (Å²) in [6.07, 6.45) is -4.80. The van der Waals surface area contributed by atoms with Crippen molar-refractivity contribution < 1.29 is 32.6 Å². The summed E-state index contributed by atoms with van der Waals surface area (Å²) in [7, 11) is 1.41. The van der Waals surface area contributed by atoms with Gasteiger partial charge in [-0.3, -0.25) is 4.79 Å². The Labute approximate surface area is 145 Å². The maximum Gasteiger partial charge on any atom is 0.451 e. The van der Waals surface area contributed by atoms with Crippen molar-refractivity contribution in [3.05, 3.63) is 52.6 Å². The number of nitrogens with zero attached hydrogens (tertiary/aromatic N) is 2. The number of ether oxygens (including phenoxy) is 1. The highest BCUT2D eigenvalue weighted by Gasteiger charge is 2.35. The van der Waals surface area contributed by atoms with Gasteiger partial charge in [0.25, 0.3) is 5.91 Å². The number of benzene rings is 1. The highest BCUT2D eigenvalue weighted by molar-refractivity contribution is 6.03. The summed E-state index contributed by atoms with van der Waals surface area (Å²) in [5.41, 5.74) is -0.0651. The number of anilines is 1. The van der Waals surface area contributed by atoms with Gasteiger partial charge in [-0.15, -0.1) is 0 Å². The first-order valence-corrected chi connectivity index (χ1v) is 7.20. The van der Waals surface area contributed by atoms with Crippen molar-refractivity contribution in [1.82, 2.24) is 9.97 Å². The van der Waals surface area contributed by atoms with Gasteiger partial charge in [0.2, 0.25) is 5.82 Å². The zero-order valence-corrected chi connectivity index (χ0v) is 13.7. The van der Waals surface area contributed by atoms with Crippen molar-refractivity contribution in [2.45, 2.75) is 19.7 Å². The van der Waals surface area contributed by atoms with E-state index < -0.39 is 29.6 Å². The minimum atomic E-state index is -4.80. The Balaban J connectivity index is 2.35. The fraction of sp³-hybridized carbons (Fsp3) is 0.250. The van der Waals surface area contributed by atoms with E-state index in [2.05, 4.69) is 15.3 Å². The van der Waals surface area contributed by atoms with Gasteiger partial charge >= 0.3 is 12.1 Å². The largest absolute Gasteiger partial charge is 0.478 e. The second-order valence-corrected chi connectivity index (χ2v) is 5.33. The van der Waals surface area contributed by atoms with Crippen LogP contribution in [-0.2, 0) is 17.5 Å². The average molecular weight is 369 g/mol. The van der Waals surface area contributed by atoms with Crippen molar-refractivity contribution in [2.24, 2.45) is 0 Å². The molecule has 0 unspecified atom stereocenters. The summed E-state index contributed by atoms with van der Waals surface area (Å²) in [6.45, 7) is 1.39. The lowest BCUT2D eigenvalue weighted by Gasteiger charge is -2.11. The highest BCUT2D eigenvalue weighted by Crippen LogP contribution is 2.26. The molecule has 0 bridgehead atoms. The van der Waals surface area contributed by atoms with Gasteiger partial charge < -0.3 is 15.2 Å². The number of aryl methyl sites for hydroxylation is 1. The molecule has 138 valence electrons. The molecule has 2 aromatic rings. The Morgan fingerprint density at radius 2 is 1.88 bits per heavy atom. The number of hydrogen-bond acceptors (Lipinski definition) is 5. The third-order valence-corrected chi connectivity index (χ3v) is 3.15. The molecule has 0 aliphatic carbocycles. The van der Waals surface area contributed by atoms with E-state index in [4.69, 9.17) is 9.84 Å². The van der Waals surface area contributed by atoms with Crippen LogP contribution in [0.2, 0.25) is 0 Å². The van der Waals surface area contributed by atoms with Gasteiger partial charge in [-0.1, -0.05) is 0 Å². The minimum absolute atomic E-state index is 0.0307. The zero-order valence-electron chi connectivity index (χ0n) is 13.7. The number of carbonyl (C=O) groups excluding carboxylic acids is 1. The van der Waals surface area contributed by atoms with Crippen LogP contribution in [0.4, 0.5) is 18.9 Å². The van der Waals surface area contributed by atoms with Crippen LogP contribution in [0.25, 0.3) is 0 Å². The number of carboxylic acids is 1. The SMILES string of the molecule is COCc1cc(NC(=O)c2cc(C)nc(C(F)(F)F)n2)cc(C(=O)O)c1. The van der Waals surface area contributed by atoms with Crippen LogP contribution in [0.1, 0.15) is 37.9 Å². The molecule has 2 N–H and O–H groups in total. The van der Waals surface area contributed by atoms with Crippen LogP contribution in [0.15, 0.2) is 24.3 Å². The number of alkyl halides is 3. The number of halogens is 3. The van der Waals surface area contributed by atoms with Crippen LogP contribution in [0.3, 0.4) is 0 Å². The van der Waals surface area contributed by atoms with E-state index in [1.54, 1.807) is 0 Å². The molecule has 0 fully saturated rings. The molecule has 0 saturated carbocycles. The summed E-state index contributed by atoms with van der Waals surface area (Å²) < 4.78 is 43.3. The Morgan fingerprint density at radius 3 is 2.46 bits per heavy atom. The first-order valence-electron chi connectivity index (χ1n) is 7.20. The smallest absolute Gasteiger partial charge is 0.451 e. The van der Waals surface area contributed by atoms with Crippen LogP contribution in [-0.4, -0.2) is 34.1 Å².